The fourth-order valence-corrected chi connectivity index (χ4v) is 2.22. The highest BCUT2D eigenvalue weighted by atomic mass is 32.1. The summed E-state index contributed by atoms with van der Waals surface area (Å²) >= 11 is 1.19. The number of ether oxygens (including phenoxy) is 1. The molecular formula is C11H19N3O3S. The third-order valence-corrected chi connectivity index (χ3v) is 3.14. The maximum atomic E-state index is 11.5. The summed E-state index contributed by atoms with van der Waals surface area (Å²) in [7, 11) is 0. The van der Waals surface area contributed by atoms with Gasteiger partial charge < -0.3 is 15.6 Å². The molecule has 4 N–H and O–H groups in total. The largest absolute Gasteiger partial charge is 0.444 e. The summed E-state index contributed by atoms with van der Waals surface area (Å²) in [6.45, 7) is 7.22. The third kappa shape index (κ3) is 4.25. The molecule has 0 spiro atoms. The van der Waals surface area contributed by atoms with Crippen molar-refractivity contribution in [1.29, 1.82) is 0 Å². The Kier molecular flexibility index (Phi) is 4.66. The van der Waals surface area contributed by atoms with Crippen LogP contribution in [0.3, 0.4) is 0 Å². The molecule has 102 valence electrons. The lowest BCUT2D eigenvalue weighted by Crippen LogP contribution is -2.27. The lowest BCUT2D eigenvalue weighted by molar-refractivity contribution is 0.0636. The molecule has 0 bridgehead atoms. The SMILES string of the molecule is Cc1nc(NC(=O)OC(C)(C)C)sc1[C@@H](O)CN. The lowest BCUT2D eigenvalue weighted by Gasteiger charge is -2.18. The van der Waals surface area contributed by atoms with Crippen LogP contribution in [0.15, 0.2) is 0 Å². The minimum atomic E-state index is -0.753. The first-order chi connectivity index (χ1) is 8.23. The summed E-state index contributed by atoms with van der Waals surface area (Å²) in [6.07, 6.45) is -1.32. The van der Waals surface area contributed by atoms with Crippen molar-refractivity contribution < 1.29 is 14.6 Å². The van der Waals surface area contributed by atoms with Gasteiger partial charge in [0.05, 0.1) is 10.6 Å². The van der Waals surface area contributed by atoms with Crippen LogP contribution in [-0.2, 0) is 4.74 Å². The summed E-state index contributed by atoms with van der Waals surface area (Å²) in [5.74, 6) is 0. The van der Waals surface area contributed by atoms with E-state index >= 15 is 0 Å². The summed E-state index contributed by atoms with van der Waals surface area (Å²) in [5.41, 5.74) is 5.48. The predicted molar refractivity (Wildman–Crippen MR) is 70.7 cm³/mol. The van der Waals surface area contributed by atoms with E-state index in [1.165, 1.54) is 11.3 Å². The lowest BCUT2D eigenvalue weighted by atomic mass is 10.2. The van der Waals surface area contributed by atoms with E-state index in [2.05, 4.69) is 10.3 Å². The van der Waals surface area contributed by atoms with Gasteiger partial charge in [-0.05, 0) is 27.7 Å². The molecule has 7 heteroatoms. The number of aliphatic hydroxyl groups excluding tert-OH is 1. The van der Waals surface area contributed by atoms with Crippen LogP contribution in [0.4, 0.5) is 9.93 Å². The van der Waals surface area contributed by atoms with E-state index < -0.39 is 17.8 Å². The molecule has 6 nitrogen and oxygen atoms in total. The molecule has 0 saturated heterocycles. The molecule has 0 unspecified atom stereocenters. The molecule has 0 fully saturated rings. The van der Waals surface area contributed by atoms with Crippen molar-refractivity contribution in [3.63, 3.8) is 0 Å². The van der Waals surface area contributed by atoms with Crippen molar-refractivity contribution in [2.24, 2.45) is 5.73 Å². The third-order valence-electron chi connectivity index (χ3n) is 1.97. The Morgan fingerprint density at radius 1 is 1.61 bits per heavy atom. The number of rotatable bonds is 3. The first kappa shape index (κ1) is 14.9. The van der Waals surface area contributed by atoms with Crippen LogP contribution >= 0.6 is 11.3 Å². The first-order valence-corrected chi connectivity index (χ1v) is 6.40. The van der Waals surface area contributed by atoms with E-state index in [4.69, 9.17) is 10.5 Å². The van der Waals surface area contributed by atoms with Gasteiger partial charge in [0.2, 0.25) is 0 Å². The Morgan fingerprint density at radius 2 is 2.22 bits per heavy atom. The zero-order valence-corrected chi connectivity index (χ0v) is 11.8. The summed E-state index contributed by atoms with van der Waals surface area (Å²) in [5, 5.41) is 12.6. The number of nitrogens with one attached hydrogen (secondary N) is 1. The molecule has 1 atom stereocenters. The molecule has 0 aromatic carbocycles. The van der Waals surface area contributed by atoms with E-state index in [-0.39, 0.29) is 6.54 Å². The number of nitrogens with two attached hydrogens (primary N) is 1. The van der Waals surface area contributed by atoms with E-state index in [0.717, 1.165) is 0 Å². The van der Waals surface area contributed by atoms with Gasteiger partial charge in [-0.15, -0.1) is 0 Å². The smallest absolute Gasteiger partial charge is 0.413 e. The van der Waals surface area contributed by atoms with E-state index in [1.54, 1.807) is 27.7 Å². The van der Waals surface area contributed by atoms with Crippen LogP contribution in [0.1, 0.15) is 37.4 Å². The number of anilines is 1. The van der Waals surface area contributed by atoms with Crippen LogP contribution < -0.4 is 11.1 Å². The average molecular weight is 273 g/mol. The molecule has 0 aliphatic heterocycles. The Labute approximate surface area is 110 Å². The summed E-state index contributed by atoms with van der Waals surface area (Å²) in [4.78, 5) is 16.3. The number of thiazole rings is 1. The highest BCUT2D eigenvalue weighted by molar-refractivity contribution is 7.16. The number of carbonyl (C=O) groups is 1. The molecule has 0 aliphatic rings. The molecule has 1 heterocycles. The fourth-order valence-electron chi connectivity index (χ4n) is 1.27. The number of hydrogen-bond acceptors (Lipinski definition) is 6. The van der Waals surface area contributed by atoms with Crippen molar-refractivity contribution in [3.05, 3.63) is 10.6 Å². The van der Waals surface area contributed by atoms with Crippen molar-refractivity contribution >= 4 is 22.6 Å². The summed E-state index contributed by atoms with van der Waals surface area (Å²) < 4.78 is 5.11. The zero-order chi connectivity index (χ0) is 13.9. The van der Waals surface area contributed by atoms with Crippen LogP contribution in [0.2, 0.25) is 0 Å². The molecule has 1 aromatic heterocycles. The van der Waals surface area contributed by atoms with Gasteiger partial charge in [-0.3, -0.25) is 5.32 Å². The molecular weight excluding hydrogens is 254 g/mol. The van der Waals surface area contributed by atoms with Crippen LogP contribution in [0.25, 0.3) is 0 Å². The van der Waals surface area contributed by atoms with Gasteiger partial charge in [-0.25, -0.2) is 9.78 Å². The average Bonchev–Trinajstić information content (AvgIpc) is 2.55. The molecule has 0 radical (unpaired) electrons. The minimum Gasteiger partial charge on any atom is -0.444 e. The van der Waals surface area contributed by atoms with Gasteiger partial charge in [-0.1, -0.05) is 11.3 Å². The Morgan fingerprint density at radius 3 is 2.72 bits per heavy atom. The van der Waals surface area contributed by atoms with Crippen LogP contribution in [0, 0.1) is 6.92 Å². The number of aliphatic hydroxyl groups is 1. The normalized spacial score (nSPS) is 13.2. The van der Waals surface area contributed by atoms with Crippen LogP contribution in [-0.4, -0.2) is 28.3 Å². The molecule has 18 heavy (non-hydrogen) atoms. The number of aromatic nitrogens is 1. The van der Waals surface area contributed by atoms with Gasteiger partial charge in [-0.2, -0.15) is 0 Å². The first-order valence-electron chi connectivity index (χ1n) is 5.58. The predicted octanol–water partition coefficient (Wildman–Crippen LogP) is 1.79. The van der Waals surface area contributed by atoms with Crippen molar-refractivity contribution in [3.8, 4) is 0 Å². The maximum absolute atomic E-state index is 11.5. The van der Waals surface area contributed by atoms with Gasteiger partial charge in [0.25, 0.3) is 0 Å². The number of carbonyl (C=O) groups excluding carboxylic acids is 1. The molecule has 0 saturated carbocycles. The fraction of sp³-hybridized carbons (Fsp3) is 0.636. The molecule has 1 rings (SSSR count). The van der Waals surface area contributed by atoms with Crippen LogP contribution in [0.5, 0.6) is 0 Å². The number of aryl methyl sites for hydroxylation is 1. The Bertz CT molecular complexity index is 426. The molecule has 1 amide bonds. The Balaban J connectivity index is 2.72. The molecule has 1 aromatic rings. The maximum Gasteiger partial charge on any atom is 0.413 e. The Hall–Kier alpha value is -1.18. The zero-order valence-electron chi connectivity index (χ0n) is 11.0. The quantitative estimate of drug-likeness (QED) is 0.780. The second-order valence-electron chi connectivity index (χ2n) is 4.85. The molecule has 0 aliphatic carbocycles. The van der Waals surface area contributed by atoms with Crippen molar-refractivity contribution in [2.45, 2.75) is 39.4 Å². The van der Waals surface area contributed by atoms with Gasteiger partial charge in [0, 0.05) is 6.54 Å². The van der Waals surface area contributed by atoms with Crippen molar-refractivity contribution in [2.75, 3.05) is 11.9 Å². The van der Waals surface area contributed by atoms with Gasteiger partial charge >= 0.3 is 6.09 Å². The number of nitrogens with zero attached hydrogens (tertiary/aromatic N) is 1. The highest BCUT2D eigenvalue weighted by Crippen LogP contribution is 2.28. The van der Waals surface area contributed by atoms with E-state index in [9.17, 15) is 9.90 Å². The summed E-state index contributed by atoms with van der Waals surface area (Å²) in [6, 6.07) is 0. The number of amides is 1. The van der Waals surface area contributed by atoms with E-state index in [1.807, 2.05) is 0 Å². The second kappa shape index (κ2) is 5.64. The topological polar surface area (TPSA) is 97.5 Å². The number of hydrogen-bond donors (Lipinski definition) is 3. The standard InChI is InChI=1S/C11H19N3O3S/c1-6-8(7(15)5-12)18-9(13-6)14-10(16)17-11(2,3)4/h7,15H,5,12H2,1-4H3,(H,13,14,16)/t7-/m0/s1. The minimum absolute atomic E-state index is 0.120. The van der Waals surface area contributed by atoms with Crippen molar-refractivity contribution in [1.82, 2.24) is 4.98 Å². The van der Waals surface area contributed by atoms with Gasteiger partial charge in [0.15, 0.2) is 5.13 Å². The monoisotopic (exact) mass is 273 g/mol. The van der Waals surface area contributed by atoms with E-state index in [0.29, 0.717) is 15.7 Å². The van der Waals surface area contributed by atoms with Gasteiger partial charge in [0.1, 0.15) is 11.7 Å². The second-order valence-corrected chi connectivity index (χ2v) is 5.88. The highest BCUT2D eigenvalue weighted by Gasteiger charge is 2.19.